The average molecular weight is 462 g/mol. The standard InChI is InChI=1S/C28H31NO5/c1-4-6-12-23-27(21-11-7-10-20-19(21)9-8-13-25(20)33-3)22-15-14-18(28(31)32)16-24(22)29(23)17-26(30)34-5-2/h8-9,11,13-16H,4-7,10,12,17H2,1-3H3,(H,31,32). The number of allylic oxidation sites excluding steroid dienone is 1. The number of rotatable bonds is 9. The molecule has 2 aromatic carbocycles. The fraction of sp³-hybridized carbons (Fsp3) is 0.357. The van der Waals surface area contributed by atoms with Gasteiger partial charge >= 0.3 is 11.9 Å². The Bertz CT molecular complexity index is 1270. The van der Waals surface area contributed by atoms with Gasteiger partial charge in [-0.25, -0.2) is 4.79 Å². The Balaban J connectivity index is 2.00. The van der Waals surface area contributed by atoms with Crippen LogP contribution in [0.5, 0.6) is 5.75 Å². The van der Waals surface area contributed by atoms with Crippen molar-refractivity contribution in [3.05, 3.63) is 70.4 Å². The summed E-state index contributed by atoms with van der Waals surface area (Å²) in [5.74, 6) is -0.444. The molecule has 1 N–H and O–H groups in total. The van der Waals surface area contributed by atoms with Crippen LogP contribution in [0.25, 0.3) is 16.5 Å². The zero-order chi connectivity index (χ0) is 24.2. The van der Waals surface area contributed by atoms with Crippen LogP contribution in [-0.2, 0) is 28.9 Å². The molecule has 0 spiro atoms. The lowest BCUT2D eigenvalue weighted by Gasteiger charge is -2.21. The largest absolute Gasteiger partial charge is 0.496 e. The smallest absolute Gasteiger partial charge is 0.335 e. The Morgan fingerprint density at radius 3 is 2.68 bits per heavy atom. The van der Waals surface area contributed by atoms with Crippen LogP contribution in [0.4, 0.5) is 0 Å². The van der Waals surface area contributed by atoms with E-state index in [2.05, 4.69) is 19.1 Å². The van der Waals surface area contributed by atoms with E-state index in [9.17, 15) is 14.7 Å². The molecule has 0 saturated heterocycles. The van der Waals surface area contributed by atoms with Crippen molar-refractivity contribution in [2.45, 2.75) is 52.5 Å². The van der Waals surface area contributed by atoms with E-state index in [1.165, 1.54) is 5.56 Å². The number of carboxylic acid groups (broad SMARTS) is 1. The highest BCUT2D eigenvalue weighted by molar-refractivity contribution is 6.03. The SMILES string of the molecule is CCCCc1c(C2=CCCc3c(OC)cccc32)c2ccc(C(=O)O)cc2n1CC(=O)OCC. The highest BCUT2D eigenvalue weighted by Gasteiger charge is 2.26. The summed E-state index contributed by atoms with van der Waals surface area (Å²) < 4.78 is 12.9. The molecule has 0 amide bonds. The van der Waals surface area contributed by atoms with E-state index in [-0.39, 0.29) is 18.1 Å². The number of aromatic nitrogens is 1. The summed E-state index contributed by atoms with van der Waals surface area (Å²) in [6.07, 6.45) is 6.77. The monoisotopic (exact) mass is 461 g/mol. The van der Waals surface area contributed by atoms with Gasteiger partial charge in [0.15, 0.2) is 0 Å². The molecule has 0 atom stereocenters. The Hall–Kier alpha value is -3.54. The molecule has 1 aliphatic carbocycles. The number of methoxy groups -OCH3 is 1. The molecule has 178 valence electrons. The predicted octanol–water partition coefficient (Wildman–Crippen LogP) is 5.63. The van der Waals surface area contributed by atoms with Gasteiger partial charge in [-0.2, -0.15) is 0 Å². The molecular formula is C28H31NO5. The highest BCUT2D eigenvalue weighted by atomic mass is 16.5. The van der Waals surface area contributed by atoms with Gasteiger partial charge in [0.25, 0.3) is 0 Å². The Labute approximate surface area is 199 Å². The summed E-state index contributed by atoms with van der Waals surface area (Å²) in [7, 11) is 1.69. The van der Waals surface area contributed by atoms with Gasteiger partial charge in [-0.3, -0.25) is 4.79 Å². The van der Waals surface area contributed by atoms with Gasteiger partial charge in [-0.05, 0) is 61.9 Å². The number of carbonyl (C=O) groups is 2. The second-order valence-electron chi connectivity index (χ2n) is 8.50. The lowest BCUT2D eigenvalue weighted by molar-refractivity contribution is -0.143. The van der Waals surface area contributed by atoms with Crippen molar-refractivity contribution in [2.75, 3.05) is 13.7 Å². The minimum Gasteiger partial charge on any atom is -0.496 e. The number of aromatic carboxylic acids is 1. The molecule has 1 heterocycles. The number of benzene rings is 2. The van der Waals surface area contributed by atoms with Gasteiger partial charge in [0.05, 0.1) is 24.8 Å². The molecule has 0 unspecified atom stereocenters. The second kappa shape index (κ2) is 10.2. The van der Waals surface area contributed by atoms with Gasteiger partial charge in [-0.15, -0.1) is 0 Å². The first-order chi connectivity index (χ1) is 16.5. The van der Waals surface area contributed by atoms with Crippen molar-refractivity contribution in [1.29, 1.82) is 0 Å². The van der Waals surface area contributed by atoms with Crippen molar-refractivity contribution in [1.82, 2.24) is 4.57 Å². The minimum atomic E-state index is -0.991. The third kappa shape index (κ3) is 4.32. The third-order valence-corrected chi connectivity index (χ3v) is 6.43. The van der Waals surface area contributed by atoms with Gasteiger partial charge in [0, 0.05) is 22.2 Å². The van der Waals surface area contributed by atoms with E-state index in [0.717, 1.165) is 71.2 Å². The summed E-state index contributed by atoms with van der Waals surface area (Å²) in [6.45, 7) is 4.27. The number of hydrogen-bond acceptors (Lipinski definition) is 4. The van der Waals surface area contributed by atoms with E-state index in [4.69, 9.17) is 9.47 Å². The molecule has 0 aliphatic heterocycles. The molecule has 6 heteroatoms. The van der Waals surface area contributed by atoms with E-state index in [1.54, 1.807) is 26.2 Å². The summed E-state index contributed by atoms with van der Waals surface area (Å²) in [5, 5.41) is 10.6. The van der Waals surface area contributed by atoms with E-state index in [1.807, 2.05) is 22.8 Å². The molecule has 1 aromatic heterocycles. The second-order valence-corrected chi connectivity index (χ2v) is 8.50. The lowest BCUT2D eigenvalue weighted by atomic mass is 9.84. The van der Waals surface area contributed by atoms with Crippen LogP contribution in [-0.4, -0.2) is 35.3 Å². The van der Waals surface area contributed by atoms with Crippen LogP contribution < -0.4 is 4.74 Å². The van der Waals surface area contributed by atoms with Crippen LogP contribution in [0.2, 0.25) is 0 Å². The third-order valence-electron chi connectivity index (χ3n) is 6.43. The number of unbranched alkanes of at least 4 members (excludes halogenated alkanes) is 1. The van der Waals surface area contributed by atoms with Crippen molar-refractivity contribution in [2.24, 2.45) is 0 Å². The first kappa shape index (κ1) is 23.6. The molecule has 0 bridgehead atoms. The number of fused-ring (bicyclic) bond motifs is 2. The predicted molar refractivity (Wildman–Crippen MR) is 133 cm³/mol. The van der Waals surface area contributed by atoms with Crippen molar-refractivity contribution >= 4 is 28.4 Å². The van der Waals surface area contributed by atoms with Crippen LogP contribution >= 0.6 is 0 Å². The molecule has 0 radical (unpaired) electrons. The summed E-state index contributed by atoms with van der Waals surface area (Å²) in [4.78, 5) is 24.3. The fourth-order valence-electron chi connectivity index (χ4n) is 4.93. The molecule has 4 rings (SSSR count). The number of carboxylic acids is 1. The van der Waals surface area contributed by atoms with E-state index >= 15 is 0 Å². The molecule has 3 aromatic rings. The number of nitrogens with zero attached hydrogens (tertiary/aromatic N) is 1. The number of ether oxygens (including phenoxy) is 2. The van der Waals surface area contributed by atoms with Crippen LogP contribution in [0, 0.1) is 0 Å². The van der Waals surface area contributed by atoms with Gasteiger partial charge in [0.2, 0.25) is 0 Å². The lowest BCUT2D eigenvalue weighted by Crippen LogP contribution is -2.16. The van der Waals surface area contributed by atoms with Crippen molar-refractivity contribution in [3.63, 3.8) is 0 Å². The van der Waals surface area contributed by atoms with Crippen LogP contribution in [0.3, 0.4) is 0 Å². The Kier molecular flexibility index (Phi) is 7.06. The average Bonchev–Trinajstić information content (AvgIpc) is 3.14. The summed E-state index contributed by atoms with van der Waals surface area (Å²) in [5.41, 5.74) is 6.46. The Morgan fingerprint density at radius 2 is 1.97 bits per heavy atom. The number of carbonyl (C=O) groups excluding carboxylic acids is 1. The zero-order valence-corrected chi connectivity index (χ0v) is 20.0. The maximum Gasteiger partial charge on any atom is 0.335 e. The van der Waals surface area contributed by atoms with Gasteiger partial charge < -0.3 is 19.1 Å². The molecule has 0 saturated carbocycles. The normalized spacial score (nSPS) is 12.9. The van der Waals surface area contributed by atoms with Gasteiger partial charge in [-0.1, -0.05) is 37.6 Å². The maximum absolute atomic E-state index is 12.6. The zero-order valence-electron chi connectivity index (χ0n) is 20.0. The molecular weight excluding hydrogens is 430 g/mol. The molecule has 1 aliphatic rings. The number of esters is 1. The molecule has 34 heavy (non-hydrogen) atoms. The van der Waals surface area contributed by atoms with E-state index in [0.29, 0.717) is 6.61 Å². The molecule has 6 nitrogen and oxygen atoms in total. The Morgan fingerprint density at radius 1 is 1.15 bits per heavy atom. The van der Waals surface area contributed by atoms with Crippen LogP contribution in [0.1, 0.15) is 65.9 Å². The quantitative estimate of drug-likeness (QED) is 0.418. The number of hydrogen-bond donors (Lipinski definition) is 1. The summed E-state index contributed by atoms with van der Waals surface area (Å²) >= 11 is 0. The van der Waals surface area contributed by atoms with Gasteiger partial charge in [0.1, 0.15) is 12.3 Å². The van der Waals surface area contributed by atoms with Crippen molar-refractivity contribution < 1.29 is 24.2 Å². The first-order valence-electron chi connectivity index (χ1n) is 11.9. The highest BCUT2D eigenvalue weighted by Crippen LogP contribution is 2.42. The summed E-state index contributed by atoms with van der Waals surface area (Å²) in [6, 6.07) is 11.3. The van der Waals surface area contributed by atoms with E-state index < -0.39 is 5.97 Å². The maximum atomic E-state index is 12.6. The van der Waals surface area contributed by atoms with Crippen LogP contribution in [0.15, 0.2) is 42.5 Å². The van der Waals surface area contributed by atoms with Crippen molar-refractivity contribution in [3.8, 4) is 5.75 Å². The topological polar surface area (TPSA) is 77.8 Å². The minimum absolute atomic E-state index is 0.0463. The fourth-order valence-corrected chi connectivity index (χ4v) is 4.93. The molecule has 0 fully saturated rings. The first-order valence-corrected chi connectivity index (χ1v) is 11.9.